The van der Waals surface area contributed by atoms with E-state index in [1.807, 2.05) is 18.2 Å². The number of rotatable bonds is 1. The Morgan fingerprint density at radius 2 is 2.23 bits per heavy atom. The van der Waals surface area contributed by atoms with Gasteiger partial charge in [-0.15, -0.1) is 0 Å². The zero-order valence-electron chi connectivity index (χ0n) is 7.42. The van der Waals surface area contributed by atoms with Crippen LogP contribution in [0.4, 0.5) is 0 Å². The molecule has 2 nitrogen and oxygen atoms in total. The third-order valence-corrected chi connectivity index (χ3v) is 2.13. The number of hydrogen-bond donors (Lipinski definition) is 1. The SMILES string of the molecule is [CH2]c1ccc2c(C(C)=O)c[nH]c2c1. The number of aromatic amines is 1. The summed E-state index contributed by atoms with van der Waals surface area (Å²) in [4.78, 5) is 14.2. The molecule has 1 heterocycles. The van der Waals surface area contributed by atoms with Crippen LogP contribution in [0.3, 0.4) is 0 Å². The summed E-state index contributed by atoms with van der Waals surface area (Å²) in [6.07, 6.45) is 1.74. The molecule has 2 heteroatoms. The normalized spacial score (nSPS) is 10.6. The van der Waals surface area contributed by atoms with Crippen molar-refractivity contribution in [3.05, 3.63) is 42.4 Å². The van der Waals surface area contributed by atoms with E-state index >= 15 is 0 Å². The molecule has 1 aromatic heterocycles. The molecule has 1 aromatic carbocycles. The van der Waals surface area contributed by atoms with Gasteiger partial charge in [-0.05, 0) is 25.5 Å². The van der Waals surface area contributed by atoms with Gasteiger partial charge in [0.1, 0.15) is 0 Å². The molecule has 0 fully saturated rings. The first-order chi connectivity index (χ1) is 6.18. The predicted molar refractivity (Wildman–Crippen MR) is 52.8 cm³/mol. The lowest BCUT2D eigenvalue weighted by Crippen LogP contribution is -1.88. The molecular formula is C11H10NO. The first kappa shape index (κ1) is 8.05. The number of nitrogens with one attached hydrogen (secondary N) is 1. The van der Waals surface area contributed by atoms with Crippen molar-refractivity contribution in [3.8, 4) is 0 Å². The van der Waals surface area contributed by atoms with Crippen LogP contribution in [0.1, 0.15) is 22.8 Å². The third kappa shape index (κ3) is 1.24. The number of aromatic nitrogens is 1. The Morgan fingerprint density at radius 3 is 2.92 bits per heavy atom. The Hall–Kier alpha value is -1.57. The van der Waals surface area contributed by atoms with Crippen LogP contribution < -0.4 is 0 Å². The van der Waals surface area contributed by atoms with Crippen LogP contribution >= 0.6 is 0 Å². The van der Waals surface area contributed by atoms with Crippen molar-refractivity contribution in [1.82, 2.24) is 4.98 Å². The molecule has 0 amide bonds. The molecular weight excluding hydrogens is 162 g/mol. The number of ketones is 1. The van der Waals surface area contributed by atoms with E-state index in [0.29, 0.717) is 0 Å². The highest BCUT2D eigenvalue weighted by Gasteiger charge is 2.06. The zero-order valence-corrected chi connectivity index (χ0v) is 7.42. The van der Waals surface area contributed by atoms with Gasteiger partial charge in [-0.1, -0.05) is 12.1 Å². The monoisotopic (exact) mass is 172 g/mol. The van der Waals surface area contributed by atoms with Crippen LogP contribution in [0.5, 0.6) is 0 Å². The number of carbonyl (C=O) groups excluding carboxylic acids is 1. The Morgan fingerprint density at radius 1 is 1.46 bits per heavy atom. The minimum absolute atomic E-state index is 0.0862. The molecule has 0 saturated carbocycles. The van der Waals surface area contributed by atoms with Crippen molar-refractivity contribution in [2.75, 3.05) is 0 Å². The van der Waals surface area contributed by atoms with Crippen molar-refractivity contribution in [1.29, 1.82) is 0 Å². The fourth-order valence-corrected chi connectivity index (χ4v) is 1.46. The van der Waals surface area contributed by atoms with E-state index in [4.69, 9.17) is 0 Å². The maximum absolute atomic E-state index is 11.2. The van der Waals surface area contributed by atoms with Gasteiger partial charge >= 0.3 is 0 Å². The van der Waals surface area contributed by atoms with Crippen LogP contribution in [-0.4, -0.2) is 10.8 Å². The molecule has 0 bridgehead atoms. The van der Waals surface area contributed by atoms with E-state index in [1.165, 1.54) is 0 Å². The lowest BCUT2D eigenvalue weighted by Gasteiger charge is -1.94. The summed E-state index contributed by atoms with van der Waals surface area (Å²) in [6, 6.07) is 5.76. The molecule has 0 aliphatic rings. The van der Waals surface area contributed by atoms with Crippen LogP contribution in [0.25, 0.3) is 10.9 Å². The molecule has 0 aliphatic heterocycles. The van der Waals surface area contributed by atoms with Gasteiger partial charge in [0, 0.05) is 22.7 Å². The van der Waals surface area contributed by atoms with Gasteiger partial charge in [-0.3, -0.25) is 4.79 Å². The van der Waals surface area contributed by atoms with Crippen molar-refractivity contribution >= 4 is 16.7 Å². The summed E-state index contributed by atoms with van der Waals surface area (Å²) in [6.45, 7) is 5.39. The summed E-state index contributed by atoms with van der Waals surface area (Å²) >= 11 is 0. The second kappa shape index (κ2) is 2.73. The Kier molecular flexibility index (Phi) is 1.69. The van der Waals surface area contributed by atoms with E-state index in [-0.39, 0.29) is 5.78 Å². The molecule has 2 rings (SSSR count). The van der Waals surface area contributed by atoms with Crippen molar-refractivity contribution in [2.45, 2.75) is 6.92 Å². The van der Waals surface area contributed by atoms with Gasteiger partial charge in [-0.2, -0.15) is 0 Å². The summed E-state index contributed by atoms with van der Waals surface area (Å²) in [7, 11) is 0. The fraction of sp³-hybridized carbons (Fsp3) is 0.0909. The first-order valence-corrected chi connectivity index (χ1v) is 4.12. The number of carbonyl (C=O) groups is 1. The smallest absolute Gasteiger partial charge is 0.161 e. The summed E-state index contributed by atoms with van der Waals surface area (Å²) in [5.74, 6) is 0.0862. The van der Waals surface area contributed by atoms with Gasteiger partial charge in [0.25, 0.3) is 0 Å². The molecule has 1 N–H and O–H groups in total. The number of fused-ring (bicyclic) bond motifs is 1. The highest BCUT2D eigenvalue weighted by molar-refractivity contribution is 6.06. The molecule has 65 valence electrons. The van der Waals surface area contributed by atoms with E-state index < -0.39 is 0 Å². The van der Waals surface area contributed by atoms with Gasteiger partial charge in [0.15, 0.2) is 5.78 Å². The number of H-pyrrole nitrogens is 1. The molecule has 13 heavy (non-hydrogen) atoms. The molecule has 0 unspecified atom stereocenters. The van der Waals surface area contributed by atoms with Gasteiger partial charge in [0.05, 0.1) is 0 Å². The molecule has 1 radical (unpaired) electrons. The minimum Gasteiger partial charge on any atom is -0.360 e. The number of benzene rings is 1. The highest BCUT2D eigenvalue weighted by atomic mass is 16.1. The molecule has 0 saturated heterocycles. The minimum atomic E-state index is 0.0862. The zero-order chi connectivity index (χ0) is 9.42. The fourth-order valence-electron chi connectivity index (χ4n) is 1.46. The Balaban J connectivity index is 2.76. The Labute approximate surface area is 76.6 Å². The van der Waals surface area contributed by atoms with Gasteiger partial charge < -0.3 is 4.98 Å². The maximum atomic E-state index is 11.2. The summed E-state index contributed by atoms with van der Waals surface area (Å²) < 4.78 is 0. The van der Waals surface area contributed by atoms with E-state index in [9.17, 15) is 4.79 Å². The largest absolute Gasteiger partial charge is 0.360 e. The van der Waals surface area contributed by atoms with E-state index in [1.54, 1.807) is 13.1 Å². The average Bonchev–Trinajstić information content (AvgIpc) is 2.46. The summed E-state index contributed by atoms with van der Waals surface area (Å²) in [5, 5.41) is 0.972. The lowest BCUT2D eigenvalue weighted by molar-refractivity contribution is 0.101. The van der Waals surface area contributed by atoms with Crippen molar-refractivity contribution in [3.63, 3.8) is 0 Å². The van der Waals surface area contributed by atoms with Crippen LogP contribution in [0, 0.1) is 6.92 Å². The van der Waals surface area contributed by atoms with E-state index in [2.05, 4.69) is 11.9 Å². The number of Topliss-reactive ketones (excluding diaryl/α,β-unsaturated/α-hetero) is 1. The average molecular weight is 172 g/mol. The van der Waals surface area contributed by atoms with Gasteiger partial charge in [0.2, 0.25) is 0 Å². The maximum Gasteiger partial charge on any atom is 0.161 e. The predicted octanol–water partition coefficient (Wildman–Crippen LogP) is 2.55. The Bertz CT molecular complexity index is 468. The quantitative estimate of drug-likeness (QED) is 0.659. The van der Waals surface area contributed by atoms with Crippen LogP contribution in [0.15, 0.2) is 24.4 Å². The first-order valence-electron chi connectivity index (χ1n) is 4.12. The topological polar surface area (TPSA) is 32.9 Å². The molecule has 0 atom stereocenters. The van der Waals surface area contributed by atoms with Crippen molar-refractivity contribution < 1.29 is 4.79 Å². The standard InChI is InChI=1S/C11H10NO/c1-7-3-4-9-10(8(2)13)6-12-11(9)5-7/h3-6,12H,1H2,2H3. The highest BCUT2D eigenvalue weighted by Crippen LogP contribution is 2.19. The third-order valence-electron chi connectivity index (χ3n) is 2.13. The lowest BCUT2D eigenvalue weighted by atomic mass is 10.1. The number of hydrogen-bond acceptors (Lipinski definition) is 1. The van der Waals surface area contributed by atoms with Crippen LogP contribution in [-0.2, 0) is 0 Å². The molecule has 2 aromatic rings. The van der Waals surface area contributed by atoms with Crippen molar-refractivity contribution in [2.24, 2.45) is 0 Å². The molecule has 0 aliphatic carbocycles. The van der Waals surface area contributed by atoms with Gasteiger partial charge in [-0.25, -0.2) is 0 Å². The second-order valence-corrected chi connectivity index (χ2v) is 3.14. The second-order valence-electron chi connectivity index (χ2n) is 3.14. The van der Waals surface area contributed by atoms with Crippen LogP contribution in [0.2, 0.25) is 0 Å². The summed E-state index contributed by atoms with van der Waals surface area (Å²) in [5.41, 5.74) is 2.66. The van der Waals surface area contributed by atoms with E-state index in [0.717, 1.165) is 22.0 Å². The molecule has 0 spiro atoms.